The zero-order chi connectivity index (χ0) is 59.9. The average Bonchev–Trinajstić information content (AvgIpc) is 3.24. The lowest BCUT2D eigenvalue weighted by Gasteiger charge is -2.31. The average molecular weight is 1180 g/mol. The zero-order valence-electron chi connectivity index (χ0n) is 56.8. The molecule has 0 unspecified atom stereocenters. The van der Waals surface area contributed by atoms with E-state index >= 15 is 0 Å². The van der Waals surface area contributed by atoms with Crippen molar-refractivity contribution in [1.82, 2.24) is 0 Å². The molecule has 0 saturated carbocycles. The van der Waals surface area contributed by atoms with Gasteiger partial charge in [-0.05, 0) is 91.2 Å². The summed E-state index contributed by atoms with van der Waals surface area (Å²) >= 11 is 0. The van der Waals surface area contributed by atoms with Crippen LogP contribution in [0.25, 0.3) is 0 Å². The molecule has 2 aromatic rings. The maximum Gasteiger partial charge on any atom is 0.397 e. The van der Waals surface area contributed by atoms with Crippen molar-refractivity contribution in [3.05, 3.63) is 57.6 Å². The number of hydrogen-bond acceptors (Lipinski definition) is 6. The van der Waals surface area contributed by atoms with Gasteiger partial charge < -0.3 is 27.1 Å². The summed E-state index contributed by atoms with van der Waals surface area (Å²) < 4.78 is 40.4. The van der Waals surface area contributed by atoms with E-state index in [1.54, 1.807) is 0 Å². The molecule has 82 heavy (non-hydrogen) atoms. The maximum absolute atomic E-state index is 7.00. The van der Waals surface area contributed by atoms with Crippen molar-refractivity contribution in [2.45, 2.75) is 376 Å². The molecule has 6 nitrogen and oxygen atoms in total. The van der Waals surface area contributed by atoms with Crippen molar-refractivity contribution >= 4 is 17.2 Å². The van der Waals surface area contributed by atoms with Gasteiger partial charge in [-0.25, -0.2) is 0 Å². The summed E-state index contributed by atoms with van der Waals surface area (Å²) in [6, 6.07) is 9.58. The lowest BCUT2D eigenvalue weighted by atomic mass is 9.76. The van der Waals surface area contributed by atoms with Crippen molar-refractivity contribution in [3.63, 3.8) is 0 Å². The molecule has 0 aliphatic heterocycles. The summed E-state index contributed by atoms with van der Waals surface area (Å²) in [6.45, 7) is 32.8. The zero-order valence-corrected chi connectivity index (χ0v) is 58.5. The number of unbranched alkanes of at least 4 members (excludes halogenated alkanes) is 36. The molecule has 0 heterocycles. The topological polar surface area (TPSA) is 55.4 Å². The van der Waals surface area contributed by atoms with Gasteiger partial charge in [-0.3, -0.25) is 0 Å². The second-order valence-corrected chi connectivity index (χ2v) is 29.2. The third kappa shape index (κ3) is 36.8. The lowest BCUT2D eigenvalue weighted by Crippen LogP contribution is -2.17. The molecule has 0 radical (unpaired) electrons. The summed E-state index contributed by atoms with van der Waals surface area (Å²) in [5.41, 5.74) is 7.36. The highest BCUT2D eigenvalue weighted by molar-refractivity contribution is 7.42. The second kappa shape index (κ2) is 49.7. The van der Waals surface area contributed by atoms with Gasteiger partial charge in [0.1, 0.15) is 11.5 Å². The van der Waals surface area contributed by atoms with Gasteiger partial charge in [0.25, 0.3) is 0 Å². The summed E-state index contributed by atoms with van der Waals surface area (Å²) in [7, 11) is -3.10. The predicted octanol–water partition coefficient (Wildman–Crippen LogP) is 26.8. The van der Waals surface area contributed by atoms with Crippen LogP contribution in [0.2, 0.25) is 0 Å². The van der Waals surface area contributed by atoms with Crippen molar-refractivity contribution in [2.24, 2.45) is 0 Å². The van der Waals surface area contributed by atoms with Crippen molar-refractivity contribution in [1.29, 1.82) is 0 Å². The molecule has 0 aromatic heterocycles. The maximum atomic E-state index is 7.00. The standard InChI is InChI=1S/C74H136O6P2/c1-14-19-23-27-31-35-39-43-47-51-56-75-81(76-57-52-48-44-40-36-32-28-24-20-15-2)79-71-60-64(6)67(62-69(71)73(8,9)10)66(55-18-5)68-63-70(74(11,12)13)72(61-65(68)7)80-82(77-58-53-49-45-41-37-33-29-25-21-16-3)78-59-54-50-46-42-38-34-30-26-22-17-4/h60-63,66H,14-59H2,1-13H3. The van der Waals surface area contributed by atoms with Crippen LogP contribution in [0, 0.1) is 13.8 Å². The first kappa shape index (κ1) is 76.8. The Morgan fingerprint density at radius 2 is 0.524 bits per heavy atom. The Morgan fingerprint density at radius 3 is 0.732 bits per heavy atom. The number of benzene rings is 2. The van der Waals surface area contributed by atoms with Crippen LogP contribution in [0.4, 0.5) is 0 Å². The fraction of sp³-hybridized carbons (Fsp3) is 0.838. The van der Waals surface area contributed by atoms with E-state index in [2.05, 4.69) is 114 Å². The number of aryl methyl sites for hydroxylation is 2. The van der Waals surface area contributed by atoms with Crippen LogP contribution in [-0.2, 0) is 28.9 Å². The van der Waals surface area contributed by atoms with E-state index in [1.165, 1.54) is 265 Å². The van der Waals surface area contributed by atoms with Crippen LogP contribution in [0.5, 0.6) is 11.5 Å². The Balaban J connectivity index is 2.37. The number of rotatable bonds is 56. The summed E-state index contributed by atoms with van der Waals surface area (Å²) in [5, 5.41) is 0. The van der Waals surface area contributed by atoms with E-state index in [4.69, 9.17) is 27.1 Å². The SMILES string of the molecule is CCCCCCCCCCCCOP(OCCCCCCCCCCCC)Oc1cc(C)c(C(CCC)c2cc(C(C)(C)C)c(OP(OCCCCCCCCCCCC)OCCCCCCCCCCCC)cc2C)cc1C(C)(C)C. The summed E-state index contributed by atoms with van der Waals surface area (Å²) in [6.07, 6.45) is 54.3. The van der Waals surface area contributed by atoms with Crippen molar-refractivity contribution in [2.75, 3.05) is 26.4 Å². The highest BCUT2D eigenvalue weighted by Crippen LogP contribution is 2.50. The van der Waals surface area contributed by atoms with E-state index < -0.39 is 17.2 Å². The van der Waals surface area contributed by atoms with E-state index in [9.17, 15) is 0 Å². The Morgan fingerprint density at radius 1 is 0.305 bits per heavy atom. The molecule has 0 amide bonds. The fourth-order valence-electron chi connectivity index (χ4n) is 11.5. The van der Waals surface area contributed by atoms with Crippen LogP contribution >= 0.6 is 17.2 Å². The van der Waals surface area contributed by atoms with E-state index in [0.717, 1.165) is 50.0 Å². The van der Waals surface area contributed by atoms with Crippen LogP contribution in [0.1, 0.15) is 385 Å². The van der Waals surface area contributed by atoms with Gasteiger partial charge in [0.2, 0.25) is 0 Å². The Hall–Kier alpha value is -1.26. The molecule has 0 bridgehead atoms. The van der Waals surface area contributed by atoms with Crippen LogP contribution in [0.15, 0.2) is 24.3 Å². The highest BCUT2D eigenvalue weighted by atomic mass is 31.2. The summed E-state index contributed by atoms with van der Waals surface area (Å²) in [5.74, 6) is 2.01. The first-order valence-corrected chi connectivity index (χ1v) is 37.7. The van der Waals surface area contributed by atoms with Crippen LogP contribution < -0.4 is 9.05 Å². The van der Waals surface area contributed by atoms with E-state index in [-0.39, 0.29) is 16.7 Å². The minimum absolute atomic E-state index is 0.162. The first-order chi connectivity index (χ1) is 39.7. The Labute approximate surface area is 513 Å². The largest absolute Gasteiger partial charge is 0.426 e. The van der Waals surface area contributed by atoms with Gasteiger partial charge in [-0.2, -0.15) is 0 Å². The van der Waals surface area contributed by atoms with E-state index in [1.807, 2.05) is 0 Å². The highest BCUT2D eigenvalue weighted by Gasteiger charge is 2.30. The normalized spacial score (nSPS) is 12.3. The van der Waals surface area contributed by atoms with Gasteiger partial charge in [0.05, 0.1) is 26.4 Å². The number of hydrogen-bond donors (Lipinski definition) is 0. The molecule has 0 fully saturated rings. The van der Waals surface area contributed by atoms with Crippen LogP contribution in [-0.4, -0.2) is 26.4 Å². The molecule has 0 N–H and O–H groups in total. The third-order valence-corrected chi connectivity index (χ3v) is 19.1. The predicted molar refractivity (Wildman–Crippen MR) is 363 cm³/mol. The lowest BCUT2D eigenvalue weighted by molar-refractivity contribution is 0.197. The Kier molecular flexibility index (Phi) is 46.6. The molecule has 0 aliphatic rings. The Bertz CT molecular complexity index is 1610. The molecule has 0 atom stereocenters. The van der Waals surface area contributed by atoms with Gasteiger partial charge in [-0.15, -0.1) is 0 Å². The molecule has 0 aliphatic carbocycles. The molecule has 2 rings (SSSR count). The van der Waals surface area contributed by atoms with Gasteiger partial charge in [-0.1, -0.05) is 326 Å². The molecular weight excluding hydrogens is 1050 g/mol. The summed E-state index contributed by atoms with van der Waals surface area (Å²) in [4.78, 5) is 0. The minimum atomic E-state index is -1.55. The van der Waals surface area contributed by atoms with Gasteiger partial charge >= 0.3 is 17.2 Å². The molecule has 478 valence electrons. The van der Waals surface area contributed by atoms with Gasteiger partial charge in [0, 0.05) is 17.0 Å². The quantitative estimate of drug-likeness (QED) is 0.0486. The molecule has 0 spiro atoms. The molecule has 2 aromatic carbocycles. The molecule has 0 saturated heterocycles. The van der Waals surface area contributed by atoms with E-state index in [0.29, 0.717) is 26.4 Å². The second-order valence-electron chi connectivity index (χ2n) is 26.9. The smallest absolute Gasteiger partial charge is 0.397 e. The van der Waals surface area contributed by atoms with Gasteiger partial charge in [0.15, 0.2) is 0 Å². The third-order valence-electron chi connectivity index (χ3n) is 16.8. The minimum Gasteiger partial charge on any atom is -0.426 e. The van der Waals surface area contributed by atoms with Crippen molar-refractivity contribution < 1.29 is 27.1 Å². The molecule has 8 heteroatoms. The monoisotopic (exact) mass is 1180 g/mol. The fourth-order valence-corrected chi connectivity index (χ4v) is 13.6. The molecular formula is C74H136O6P2. The first-order valence-electron chi connectivity index (χ1n) is 35.5. The van der Waals surface area contributed by atoms with Crippen LogP contribution in [0.3, 0.4) is 0 Å². The van der Waals surface area contributed by atoms with Crippen molar-refractivity contribution in [3.8, 4) is 11.5 Å².